The van der Waals surface area contributed by atoms with E-state index in [1.54, 1.807) is 18.2 Å². The number of anilines is 2. The van der Waals surface area contributed by atoms with Gasteiger partial charge in [-0.2, -0.15) is 13.2 Å². The van der Waals surface area contributed by atoms with Crippen LogP contribution in [0.25, 0.3) is 16.5 Å². The Morgan fingerprint density at radius 1 is 1.06 bits per heavy atom. The Kier molecular flexibility index (Phi) is 6.44. The standard InChI is InChI=1S/C26H24F3N3O4/c27-26(28,29)17-3-5-19-16(2-1-9-36-23(19)13-17)12-24(33)30-18-4-6-20-21(14-18)31-25(34)15-22(20)32-7-10-35-11-8-32/h3-6,12-15H,1-2,7-11H2,(H,30,33)(H,31,34)/b16-12+. The van der Waals surface area contributed by atoms with Crippen LogP contribution in [0.5, 0.6) is 5.75 Å². The van der Waals surface area contributed by atoms with Gasteiger partial charge in [-0.05, 0) is 48.7 Å². The first-order valence-corrected chi connectivity index (χ1v) is 11.6. The second-order valence-corrected chi connectivity index (χ2v) is 8.70. The number of aromatic amines is 1. The van der Waals surface area contributed by atoms with Gasteiger partial charge < -0.3 is 24.7 Å². The van der Waals surface area contributed by atoms with E-state index < -0.39 is 17.6 Å². The van der Waals surface area contributed by atoms with E-state index in [9.17, 15) is 22.8 Å². The van der Waals surface area contributed by atoms with E-state index in [0.717, 1.165) is 23.2 Å². The number of H-pyrrole nitrogens is 1. The lowest BCUT2D eigenvalue weighted by molar-refractivity contribution is -0.137. The molecule has 188 valence electrons. The van der Waals surface area contributed by atoms with Crippen molar-refractivity contribution in [2.45, 2.75) is 19.0 Å². The van der Waals surface area contributed by atoms with Gasteiger partial charge >= 0.3 is 6.18 Å². The number of fused-ring (bicyclic) bond motifs is 2. The maximum Gasteiger partial charge on any atom is 0.416 e. The van der Waals surface area contributed by atoms with Crippen LogP contribution >= 0.6 is 0 Å². The number of carbonyl (C=O) groups is 1. The van der Waals surface area contributed by atoms with Crippen molar-refractivity contribution in [1.29, 1.82) is 0 Å². The summed E-state index contributed by atoms with van der Waals surface area (Å²) in [6.07, 6.45) is -2.04. The molecule has 0 atom stereocenters. The Morgan fingerprint density at radius 3 is 2.64 bits per heavy atom. The molecule has 1 amide bonds. The Labute approximate surface area is 204 Å². The van der Waals surface area contributed by atoms with Gasteiger partial charge in [0.1, 0.15) is 5.75 Å². The maximum atomic E-state index is 13.1. The Bertz CT molecular complexity index is 1390. The van der Waals surface area contributed by atoms with Crippen LogP contribution in [0.4, 0.5) is 24.5 Å². The SMILES string of the molecule is O=C(/C=C1\CCCOc2cc(C(F)(F)F)ccc21)Nc1ccc2c(N3CCOCC3)cc(=O)[nH]c2c1. The van der Waals surface area contributed by atoms with Crippen LogP contribution in [0.1, 0.15) is 24.0 Å². The quantitative estimate of drug-likeness (QED) is 0.516. The summed E-state index contributed by atoms with van der Waals surface area (Å²) < 4.78 is 50.3. The molecule has 0 radical (unpaired) electrons. The number of benzene rings is 2. The van der Waals surface area contributed by atoms with Gasteiger partial charge in [0.25, 0.3) is 0 Å². The summed E-state index contributed by atoms with van der Waals surface area (Å²) in [6.45, 7) is 2.79. The van der Waals surface area contributed by atoms with Crippen LogP contribution in [0.2, 0.25) is 0 Å². The molecule has 0 spiro atoms. The molecule has 3 aromatic rings. The molecule has 36 heavy (non-hydrogen) atoms. The number of alkyl halides is 3. The van der Waals surface area contributed by atoms with Gasteiger partial charge in [-0.1, -0.05) is 6.07 Å². The van der Waals surface area contributed by atoms with Crippen molar-refractivity contribution in [2.24, 2.45) is 0 Å². The van der Waals surface area contributed by atoms with Gasteiger partial charge in [0.05, 0.1) is 36.6 Å². The summed E-state index contributed by atoms with van der Waals surface area (Å²) in [4.78, 5) is 30.0. The van der Waals surface area contributed by atoms with Crippen molar-refractivity contribution < 1.29 is 27.4 Å². The molecule has 1 saturated heterocycles. The minimum Gasteiger partial charge on any atom is -0.493 e. The number of nitrogens with zero attached hydrogens (tertiary/aromatic N) is 1. The Hall–Kier alpha value is -3.79. The molecule has 0 bridgehead atoms. The topological polar surface area (TPSA) is 83.7 Å². The number of nitrogens with one attached hydrogen (secondary N) is 2. The Balaban J connectivity index is 1.41. The number of rotatable bonds is 3. The lowest BCUT2D eigenvalue weighted by Crippen LogP contribution is -2.36. The number of amides is 1. The van der Waals surface area contributed by atoms with E-state index in [1.165, 1.54) is 12.1 Å². The van der Waals surface area contributed by atoms with Gasteiger partial charge in [0.2, 0.25) is 11.5 Å². The van der Waals surface area contributed by atoms with Crippen LogP contribution in [0.15, 0.2) is 53.3 Å². The lowest BCUT2D eigenvalue weighted by atomic mass is 9.99. The number of morpholine rings is 1. The molecule has 3 heterocycles. The fourth-order valence-corrected chi connectivity index (χ4v) is 4.53. The first-order chi connectivity index (χ1) is 17.3. The molecule has 0 unspecified atom stereocenters. The summed E-state index contributed by atoms with van der Waals surface area (Å²) >= 11 is 0. The molecular formula is C26H24F3N3O4. The van der Waals surface area contributed by atoms with Crippen molar-refractivity contribution in [1.82, 2.24) is 4.98 Å². The molecule has 1 aromatic heterocycles. The van der Waals surface area contributed by atoms with E-state index >= 15 is 0 Å². The zero-order chi connectivity index (χ0) is 25.3. The van der Waals surface area contributed by atoms with Crippen molar-refractivity contribution in [3.05, 3.63) is 70.0 Å². The maximum absolute atomic E-state index is 13.1. The average molecular weight is 499 g/mol. The van der Waals surface area contributed by atoms with Crippen LogP contribution in [0, 0.1) is 0 Å². The fraction of sp³-hybridized carbons (Fsp3) is 0.308. The second-order valence-electron chi connectivity index (χ2n) is 8.70. The van der Waals surface area contributed by atoms with Gasteiger partial charge in [-0.25, -0.2) is 0 Å². The zero-order valence-corrected chi connectivity index (χ0v) is 19.3. The lowest BCUT2D eigenvalue weighted by Gasteiger charge is -2.29. The van der Waals surface area contributed by atoms with Crippen molar-refractivity contribution in [2.75, 3.05) is 43.1 Å². The van der Waals surface area contributed by atoms with E-state index in [2.05, 4.69) is 15.2 Å². The highest BCUT2D eigenvalue weighted by Gasteiger charge is 2.32. The van der Waals surface area contributed by atoms with Crippen molar-refractivity contribution >= 4 is 33.8 Å². The predicted molar refractivity (Wildman–Crippen MR) is 130 cm³/mol. The third kappa shape index (κ3) is 5.08. The molecule has 5 rings (SSSR count). The zero-order valence-electron chi connectivity index (χ0n) is 19.3. The number of ether oxygens (including phenoxy) is 2. The number of hydrogen-bond donors (Lipinski definition) is 2. The normalized spacial score (nSPS) is 17.4. The van der Waals surface area contributed by atoms with E-state index in [4.69, 9.17) is 9.47 Å². The van der Waals surface area contributed by atoms with E-state index in [-0.39, 0.29) is 17.9 Å². The fourth-order valence-electron chi connectivity index (χ4n) is 4.53. The van der Waals surface area contributed by atoms with Gasteiger partial charge in [0.15, 0.2) is 0 Å². The molecule has 7 nitrogen and oxygen atoms in total. The molecule has 2 aliphatic rings. The monoisotopic (exact) mass is 499 g/mol. The molecule has 0 saturated carbocycles. The van der Waals surface area contributed by atoms with Crippen LogP contribution in [-0.2, 0) is 15.7 Å². The largest absolute Gasteiger partial charge is 0.493 e. The van der Waals surface area contributed by atoms with Crippen molar-refractivity contribution in [3.8, 4) is 5.75 Å². The third-order valence-electron chi connectivity index (χ3n) is 6.25. The molecule has 1 fully saturated rings. The van der Waals surface area contributed by atoms with Crippen LogP contribution in [-0.4, -0.2) is 43.8 Å². The number of halogens is 3. The smallest absolute Gasteiger partial charge is 0.416 e. The summed E-state index contributed by atoms with van der Waals surface area (Å²) in [6, 6.07) is 10.1. The number of pyridine rings is 1. The molecule has 2 aliphatic heterocycles. The summed E-state index contributed by atoms with van der Waals surface area (Å²) in [5, 5.41) is 3.65. The van der Waals surface area contributed by atoms with Crippen LogP contribution < -0.4 is 20.5 Å². The minimum atomic E-state index is -4.48. The number of aromatic nitrogens is 1. The highest BCUT2D eigenvalue weighted by molar-refractivity contribution is 6.05. The molecule has 0 aliphatic carbocycles. The van der Waals surface area contributed by atoms with Crippen LogP contribution in [0.3, 0.4) is 0 Å². The number of carbonyl (C=O) groups excluding carboxylic acids is 1. The average Bonchev–Trinajstić information content (AvgIpc) is 3.05. The summed E-state index contributed by atoms with van der Waals surface area (Å²) in [5.41, 5.74) is 1.90. The van der Waals surface area contributed by atoms with Gasteiger partial charge in [-0.15, -0.1) is 0 Å². The van der Waals surface area contributed by atoms with Gasteiger partial charge in [0, 0.05) is 41.9 Å². The summed E-state index contributed by atoms with van der Waals surface area (Å²) in [7, 11) is 0. The van der Waals surface area contributed by atoms with Gasteiger partial charge in [-0.3, -0.25) is 9.59 Å². The number of allylic oxidation sites excluding steroid dienone is 1. The highest BCUT2D eigenvalue weighted by Crippen LogP contribution is 2.38. The van der Waals surface area contributed by atoms with Crippen molar-refractivity contribution in [3.63, 3.8) is 0 Å². The first-order valence-electron chi connectivity index (χ1n) is 11.6. The molecule has 2 aromatic carbocycles. The van der Waals surface area contributed by atoms with E-state index in [0.29, 0.717) is 61.5 Å². The van der Waals surface area contributed by atoms with E-state index in [1.807, 2.05) is 6.07 Å². The summed E-state index contributed by atoms with van der Waals surface area (Å²) in [5.74, 6) is -0.316. The minimum absolute atomic E-state index is 0.111. The molecular weight excluding hydrogens is 475 g/mol. The highest BCUT2D eigenvalue weighted by atomic mass is 19.4. The predicted octanol–water partition coefficient (Wildman–Crippen LogP) is 4.58. The first kappa shape index (κ1) is 23.9. The Morgan fingerprint density at radius 2 is 1.86 bits per heavy atom. The third-order valence-corrected chi connectivity index (χ3v) is 6.25. The number of hydrogen-bond acceptors (Lipinski definition) is 5. The molecule has 10 heteroatoms. The molecule has 2 N–H and O–H groups in total. The second kappa shape index (κ2) is 9.69.